The third kappa shape index (κ3) is 3.87. The molecule has 3 heterocycles. The van der Waals surface area contributed by atoms with E-state index in [1.165, 1.54) is 22.7 Å². The van der Waals surface area contributed by atoms with Crippen molar-refractivity contribution in [2.45, 2.75) is 32.9 Å². The van der Waals surface area contributed by atoms with Gasteiger partial charge < -0.3 is 4.74 Å². The molecule has 0 spiro atoms. The van der Waals surface area contributed by atoms with Crippen molar-refractivity contribution in [3.8, 4) is 0 Å². The van der Waals surface area contributed by atoms with Gasteiger partial charge in [-0.15, -0.1) is 11.3 Å². The summed E-state index contributed by atoms with van der Waals surface area (Å²) in [5.41, 5.74) is 1.81. The molecule has 0 N–H and O–H groups in total. The van der Waals surface area contributed by atoms with Crippen LogP contribution in [0.5, 0.6) is 0 Å². The zero-order valence-corrected chi connectivity index (χ0v) is 20.1. The van der Waals surface area contributed by atoms with Crippen LogP contribution in [0, 0.1) is 0 Å². The van der Waals surface area contributed by atoms with E-state index in [-0.39, 0.29) is 11.7 Å². The monoisotopic (exact) mass is 474 g/mol. The molecule has 166 valence electrons. The molecule has 0 saturated heterocycles. The number of rotatable bonds is 4. The number of hydrogen-bond donors (Lipinski definition) is 0. The van der Waals surface area contributed by atoms with Crippen LogP contribution < -0.4 is 14.9 Å². The first-order valence-electron chi connectivity index (χ1n) is 10.7. The van der Waals surface area contributed by atoms with Crippen LogP contribution in [0.15, 0.2) is 81.0 Å². The minimum atomic E-state index is -0.554. The molecule has 2 aromatic heterocycles. The second-order valence-electron chi connectivity index (χ2n) is 8.12. The molecule has 2 aromatic carbocycles. The summed E-state index contributed by atoms with van der Waals surface area (Å²) in [4.78, 5) is 32.8. The molecule has 0 bridgehead atoms. The number of thiazole rings is 1. The quantitative estimate of drug-likeness (QED) is 0.412. The number of fused-ring (bicyclic) bond motifs is 2. The van der Waals surface area contributed by atoms with E-state index >= 15 is 0 Å². The molecular formula is C26H22N2O3S2. The molecule has 0 fully saturated rings. The molecule has 0 amide bonds. The second kappa shape index (κ2) is 8.57. The molecule has 0 unspecified atom stereocenters. The Morgan fingerprint density at radius 1 is 1.12 bits per heavy atom. The van der Waals surface area contributed by atoms with E-state index in [4.69, 9.17) is 4.74 Å². The van der Waals surface area contributed by atoms with Crippen LogP contribution in [0.1, 0.15) is 37.3 Å². The number of nitrogens with zero attached hydrogens (tertiary/aromatic N) is 2. The van der Waals surface area contributed by atoms with Crippen molar-refractivity contribution in [1.29, 1.82) is 0 Å². The van der Waals surface area contributed by atoms with Gasteiger partial charge in [-0.3, -0.25) is 9.36 Å². The molecule has 0 aliphatic carbocycles. The van der Waals surface area contributed by atoms with E-state index in [0.29, 0.717) is 20.6 Å². The standard InChI is InChI=1S/C26H22N2O3S2/c1-15(2)31-25(30)22-16(3)27-26-28(23(22)20-12-7-13-32-20)24(29)21(33-26)14-18-10-6-9-17-8-4-5-11-19(17)18/h4-15,23H,1-3H3/b21-14+/t23-/m1/s1. The van der Waals surface area contributed by atoms with E-state index in [1.54, 1.807) is 11.5 Å². The van der Waals surface area contributed by atoms with Gasteiger partial charge in [-0.2, -0.15) is 0 Å². The number of allylic oxidation sites excluding steroid dienone is 1. The summed E-state index contributed by atoms with van der Waals surface area (Å²) in [7, 11) is 0. The summed E-state index contributed by atoms with van der Waals surface area (Å²) in [6.45, 7) is 5.43. The SMILES string of the molecule is CC1=C(C(=O)OC(C)C)[C@@H](c2cccs2)n2c(s/c(=C/c3cccc4ccccc34)c2=O)=N1. The Morgan fingerprint density at radius 2 is 1.91 bits per heavy atom. The predicted octanol–water partition coefficient (Wildman–Crippen LogP) is 4.40. The molecule has 4 aromatic rings. The molecule has 33 heavy (non-hydrogen) atoms. The summed E-state index contributed by atoms with van der Waals surface area (Å²) in [6.07, 6.45) is 1.65. The largest absolute Gasteiger partial charge is 0.459 e. The van der Waals surface area contributed by atoms with Gasteiger partial charge in [0.15, 0.2) is 4.80 Å². The van der Waals surface area contributed by atoms with Crippen LogP contribution in [0.4, 0.5) is 0 Å². The van der Waals surface area contributed by atoms with Crippen molar-refractivity contribution >= 4 is 45.5 Å². The first-order valence-corrected chi connectivity index (χ1v) is 12.4. The maximum Gasteiger partial charge on any atom is 0.338 e. The molecule has 5 rings (SSSR count). The van der Waals surface area contributed by atoms with Gasteiger partial charge in [-0.25, -0.2) is 9.79 Å². The topological polar surface area (TPSA) is 60.7 Å². The van der Waals surface area contributed by atoms with Gasteiger partial charge in [0, 0.05) is 4.88 Å². The zero-order chi connectivity index (χ0) is 23.1. The first kappa shape index (κ1) is 21.6. The van der Waals surface area contributed by atoms with Crippen molar-refractivity contribution in [2.75, 3.05) is 0 Å². The van der Waals surface area contributed by atoms with Gasteiger partial charge in [-0.05, 0) is 54.6 Å². The number of thiophene rings is 1. The lowest BCUT2D eigenvalue weighted by atomic mass is 10.0. The van der Waals surface area contributed by atoms with E-state index in [2.05, 4.69) is 23.2 Å². The van der Waals surface area contributed by atoms with Gasteiger partial charge in [0.25, 0.3) is 5.56 Å². The highest BCUT2D eigenvalue weighted by atomic mass is 32.1. The molecule has 0 saturated carbocycles. The predicted molar refractivity (Wildman–Crippen MR) is 133 cm³/mol. The fraction of sp³-hybridized carbons (Fsp3) is 0.192. The van der Waals surface area contributed by atoms with Crippen molar-refractivity contribution in [3.63, 3.8) is 0 Å². The van der Waals surface area contributed by atoms with Crippen LogP contribution in [0.3, 0.4) is 0 Å². The first-order chi connectivity index (χ1) is 15.9. The minimum Gasteiger partial charge on any atom is -0.459 e. The third-order valence-corrected chi connectivity index (χ3v) is 7.41. The highest BCUT2D eigenvalue weighted by Crippen LogP contribution is 2.33. The third-order valence-electron chi connectivity index (χ3n) is 5.51. The van der Waals surface area contributed by atoms with Crippen LogP contribution >= 0.6 is 22.7 Å². The Labute approximate surface area is 198 Å². The highest BCUT2D eigenvalue weighted by Gasteiger charge is 2.34. The van der Waals surface area contributed by atoms with E-state index < -0.39 is 12.0 Å². The number of carbonyl (C=O) groups excluding carboxylic acids is 1. The summed E-state index contributed by atoms with van der Waals surface area (Å²) < 4.78 is 7.74. The van der Waals surface area contributed by atoms with E-state index in [9.17, 15) is 9.59 Å². The molecule has 1 atom stereocenters. The molecule has 7 heteroatoms. The minimum absolute atomic E-state index is 0.160. The van der Waals surface area contributed by atoms with E-state index in [1.807, 2.05) is 61.7 Å². The molecule has 0 radical (unpaired) electrons. The summed E-state index contributed by atoms with van der Waals surface area (Å²) >= 11 is 2.85. The lowest BCUT2D eigenvalue weighted by Crippen LogP contribution is -2.39. The molecular weight excluding hydrogens is 452 g/mol. The number of aromatic nitrogens is 1. The normalized spacial score (nSPS) is 16.2. The Hall–Kier alpha value is -3.29. The Kier molecular flexibility index (Phi) is 5.60. The molecule has 5 nitrogen and oxygen atoms in total. The van der Waals surface area contributed by atoms with Crippen LogP contribution in [0.25, 0.3) is 16.8 Å². The fourth-order valence-electron chi connectivity index (χ4n) is 4.09. The summed E-state index contributed by atoms with van der Waals surface area (Å²) in [6, 6.07) is 17.5. The van der Waals surface area contributed by atoms with Gasteiger partial charge in [0.1, 0.15) is 6.04 Å². The number of esters is 1. The zero-order valence-electron chi connectivity index (χ0n) is 18.4. The van der Waals surface area contributed by atoms with Crippen molar-refractivity contribution < 1.29 is 9.53 Å². The second-order valence-corrected chi connectivity index (χ2v) is 10.1. The molecule has 1 aliphatic rings. The lowest BCUT2D eigenvalue weighted by Gasteiger charge is -2.24. The molecule has 1 aliphatic heterocycles. The number of hydrogen-bond acceptors (Lipinski definition) is 6. The van der Waals surface area contributed by atoms with Crippen LogP contribution in [0.2, 0.25) is 0 Å². The fourth-order valence-corrected chi connectivity index (χ4v) is 5.95. The summed E-state index contributed by atoms with van der Waals surface area (Å²) in [5.74, 6) is -0.437. The van der Waals surface area contributed by atoms with Crippen LogP contribution in [-0.2, 0) is 9.53 Å². The van der Waals surface area contributed by atoms with Gasteiger partial charge in [0.2, 0.25) is 0 Å². The highest BCUT2D eigenvalue weighted by molar-refractivity contribution is 7.10. The maximum atomic E-state index is 13.7. The van der Waals surface area contributed by atoms with E-state index in [0.717, 1.165) is 21.2 Å². The number of ether oxygens (including phenoxy) is 1. The average molecular weight is 475 g/mol. The Balaban J connectivity index is 1.73. The van der Waals surface area contributed by atoms with Gasteiger partial charge in [0.05, 0.1) is 21.9 Å². The van der Waals surface area contributed by atoms with Crippen molar-refractivity contribution in [2.24, 2.45) is 4.99 Å². The van der Waals surface area contributed by atoms with Gasteiger partial charge in [-0.1, -0.05) is 59.9 Å². The van der Waals surface area contributed by atoms with Gasteiger partial charge >= 0.3 is 5.97 Å². The number of benzene rings is 2. The summed E-state index contributed by atoms with van der Waals surface area (Å²) in [5, 5.41) is 4.14. The number of carbonyl (C=O) groups is 1. The Bertz CT molecular complexity index is 1570. The smallest absolute Gasteiger partial charge is 0.338 e. The maximum absolute atomic E-state index is 13.7. The average Bonchev–Trinajstić information content (AvgIpc) is 3.41. The van der Waals surface area contributed by atoms with Crippen LogP contribution in [-0.4, -0.2) is 16.6 Å². The van der Waals surface area contributed by atoms with Crippen molar-refractivity contribution in [3.05, 3.63) is 101 Å². The Morgan fingerprint density at radius 3 is 2.67 bits per heavy atom. The lowest BCUT2D eigenvalue weighted by molar-refractivity contribution is -0.143. The van der Waals surface area contributed by atoms with Crippen molar-refractivity contribution in [1.82, 2.24) is 4.57 Å².